The Labute approximate surface area is 351 Å². The van der Waals surface area contributed by atoms with Crippen molar-refractivity contribution in [3.8, 4) is 28.7 Å². The molecule has 0 bridgehead atoms. The molecule has 59 heavy (non-hydrogen) atoms. The monoisotopic (exact) mass is 815 g/mol. The van der Waals surface area contributed by atoms with Gasteiger partial charge in [0.15, 0.2) is 21.9 Å². The van der Waals surface area contributed by atoms with E-state index in [0.29, 0.717) is 55.2 Å². The first-order chi connectivity index (χ1) is 29.1. The molecule has 1 aliphatic rings. The summed E-state index contributed by atoms with van der Waals surface area (Å²) in [4.78, 5) is 4.97. The molecule has 0 aliphatic carbocycles. The quantitative estimate of drug-likeness (QED) is 0.110. The van der Waals surface area contributed by atoms with Crippen molar-refractivity contribution in [2.75, 3.05) is 0 Å². The lowest BCUT2D eigenvalue weighted by Gasteiger charge is -2.37. The maximum Gasteiger partial charge on any atom is 0.162 e. The summed E-state index contributed by atoms with van der Waals surface area (Å²) < 4.78 is 34.7. The van der Waals surface area contributed by atoms with Crippen LogP contribution < -0.4 is 23.7 Å². The van der Waals surface area contributed by atoms with Gasteiger partial charge in [0.25, 0.3) is 0 Å². The average Bonchev–Trinajstić information content (AvgIpc) is 3.71. The number of hydrogen-bond donors (Lipinski definition) is 1. The standard InChI is InChI=1S/C50H41NO6S2/c52-47-48(38-25-26-41(54-31-35-17-7-2-8-18-35)42(27-38)55-32-36-19-9-3-10-20-36)57-44-29-39(53-30-34-15-5-1-6-16-34)28-43(56-33-37-21-11-4-12-22-37)46(44)49(47)59-50-51-40-23-13-14-24-45(40)58-50/h1-29,47-49,52H,30-33H2/t47-,48+,49?/m0/s1. The molecule has 1 unspecified atom stereocenters. The summed E-state index contributed by atoms with van der Waals surface area (Å²) >= 11 is 3.11. The number of ether oxygens (including phenoxy) is 5. The molecule has 2 heterocycles. The van der Waals surface area contributed by atoms with Crippen LogP contribution in [-0.4, -0.2) is 16.2 Å². The van der Waals surface area contributed by atoms with E-state index in [9.17, 15) is 5.11 Å². The lowest BCUT2D eigenvalue weighted by Crippen LogP contribution is -2.33. The molecule has 294 valence electrons. The lowest BCUT2D eigenvalue weighted by atomic mass is 9.93. The molecule has 0 fully saturated rings. The summed E-state index contributed by atoms with van der Waals surface area (Å²) in [7, 11) is 0. The van der Waals surface area contributed by atoms with Gasteiger partial charge in [0.1, 0.15) is 49.8 Å². The zero-order valence-electron chi connectivity index (χ0n) is 32.1. The second-order valence-electron chi connectivity index (χ2n) is 14.2. The van der Waals surface area contributed by atoms with Gasteiger partial charge in [-0.05, 0) is 52.1 Å². The Morgan fingerprint density at radius 1 is 0.542 bits per heavy atom. The minimum absolute atomic E-state index is 0.319. The fourth-order valence-electron chi connectivity index (χ4n) is 6.98. The number of rotatable bonds is 15. The van der Waals surface area contributed by atoms with Crippen molar-refractivity contribution < 1.29 is 28.8 Å². The molecule has 1 N–H and O–H groups in total. The third kappa shape index (κ3) is 9.23. The maximum absolute atomic E-state index is 12.6. The highest BCUT2D eigenvalue weighted by Crippen LogP contribution is 2.55. The lowest BCUT2D eigenvalue weighted by molar-refractivity contribution is 0.0170. The van der Waals surface area contributed by atoms with E-state index in [1.54, 1.807) is 11.3 Å². The molecule has 7 nitrogen and oxygen atoms in total. The molecule has 0 saturated carbocycles. The Balaban J connectivity index is 1.10. The molecule has 1 aromatic heterocycles. The molecule has 0 spiro atoms. The maximum atomic E-state index is 12.6. The summed E-state index contributed by atoms with van der Waals surface area (Å²) in [5.41, 5.74) is 6.49. The van der Waals surface area contributed by atoms with Gasteiger partial charge in [-0.1, -0.05) is 151 Å². The van der Waals surface area contributed by atoms with E-state index in [2.05, 4.69) is 6.07 Å². The predicted molar refractivity (Wildman–Crippen MR) is 234 cm³/mol. The zero-order valence-corrected chi connectivity index (χ0v) is 33.7. The largest absolute Gasteiger partial charge is 0.489 e. The first-order valence-corrected chi connectivity index (χ1v) is 21.2. The van der Waals surface area contributed by atoms with Gasteiger partial charge in [-0.3, -0.25) is 0 Å². The van der Waals surface area contributed by atoms with Crippen LogP contribution in [0.1, 0.15) is 44.7 Å². The number of thiazole rings is 1. The smallest absolute Gasteiger partial charge is 0.162 e. The summed E-state index contributed by atoms with van der Waals surface area (Å²) in [5, 5.41) is 12.1. The van der Waals surface area contributed by atoms with E-state index in [4.69, 9.17) is 28.7 Å². The number of aliphatic hydroxyl groups excluding tert-OH is 1. The van der Waals surface area contributed by atoms with Crippen LogP contribution in [0.3, 0.4) is 0 Å². The Morgan fingerprint density at radius 2 is 1.07 bits per heavy atom. The minimum atomic E-state index is -1.02. The van der Waals surface area contributed by atoms with Crippen molar-refractivity contribution >= 4 is 33.3 Å². The van der Waals surface area contributed by atoms with E-state index in [1.165, 1.54) is 11.8 Å². The van der Waals surface area contributed by atoms with Gasteiger partial charge >= 0.3 is 0 Å². The zero-order chi connectivity index (χ0) is 39.8. The molecular weight excluding hydrogens is 775 g/mol. The summed E-state index contributed by atoms with van der Waals surface area (Å²) in [6.45, 7) is 1.39. The highest BCUT2D eigenvalue weighted by atomic mass is 32.2. The Bertz CT molecular complexity index is 2570. The van der Waals surface area contributed by atoms with Gasteiger partial charge in [-0.15, -0.1) is 11.3 Å². The number of thioether (sulfide) groups is 1. The van der Waals surface area contributed by atoms with Gasteiger partial charge in [0.05, 0.1) is 21.0 Å². The molecule has 3 atom stereocenters. The Hall–Kier alpha value is -6.26. The molecule has 0 radical (unpaired) electrons. The van der Waals surface area contributed by atoms with Crippen LogP contribution >= 0.6 is 23.1 Å². The molecule has 9 heteroatoms. The highest BCUT2D eigenvalue weighted by Gasteiger charge is 2.42. The topological polar surface area (TPSA) is 79.3 Å². The van der Waals surface area contributed by atoms with Crippen molar-refractivity contribution in [1.82, 2.24) is 4.98 Å². The van der Waals surface area contributed by atoms with Gasteiger partial charge in [0, 0.05) is 12.1 Å². The van der Waals surface area contributed by atoms with Crippen molar-refractivity contribution in [3.63, 3.8) is 0 Å². The summed E-state index contributed by atoms with van der Waals surface area (Å²) in [5.74, 6) is 2.86. The number of hydrogen-bond acceptors (Lipinski definition) is 9. The number of aromatic nitrogens is 1. The van der Waals surface area contributed by atoms with Crippen LogP contribution in [0, 0.1) is 0 Å². The van der Waals surface area contributed by atoms with E-state index < -0.39 is 17.5 Å². The van der Waals surface area contributed by atoms with Gasteiger partial charge < -0.3 is 28.8 Å². The van der Waals surface area contributed by atoms with Gasteiger partial charge in [-0.2, -0.15) is 0 Å². The van der Waals surface area contributed by atoms with Crippen molar-refractivity contribution in [2.24, 2.45) is 0 Å². The molecule has 0 amide bonds. The number of nitrogens with zero attached hydrogens (tertiary/aromatic N) is 1. The van der Waals surface area contributed by atoms with Crippen LogP contribution in [0.4, 0.5) is 0 Å². The third-order valence-electron chi connectivity index (χ3n) is 9.99. The number of aliphatic hydroxyl groups is 1. The number of benzene rings is 7. The number of para-hydroxylation sites is 1. The molecule has 9 rings (SSSR count). The van der Waals surface area contributed by atoms with Gasteiger partial charge in [-0.25, -0.2) is 4.98 Å². The fourth-order valence-corrected chi connectivity index (χ4v) is 9.45. The SMILES string of the molecule is O[C@@H]1C(Sc2nc3ccccc3s2)c2c(OCc3ccccc3)cc(OCc3ccccc3)cc2O[C@@H]1c1ccc(OCc2ccccc2)c(OCc2ccccc2)c1. The first kappa shape index (κ1) is 38.3. The van der Waals surface area contributed by atoms with Crippen LogP contribution in [0.2, 0.25) is 0 Å². The van der Waals surface area contributed by atoms with Crippen LogP contribution in [0.15, 0.2) is 180 Å². The van der Waals surface area contributed by atoms with E-state index in [0.717, 1.165) is 47.9 Å². The molecular formula is C50H41NO6S2. The predicted octanol–water partition coefficient (Wildman–Crippen LogP) is 11.9. The summed E-state index contributed by atoms with van der Waals surface area (Å²) in [6, 6.07) is 57.8. The first-order valence-electron chi connectivity index (χ1n) is 19.5. The molecule has 1 aliphatic heterocycles. The fraction of sp³-hybridized carbons (Fsp3) is 0.140. The van der Waals surface area contributed by atoms with Crippen molar-refractivity contribution in [2.45, 2.75) is 48.2 Å². The molecule has 8 aromatic rings. The van der Waals surface area contributed by atoms with Gasteiger partial charge in [0.2, 0.25) is 0 Å². The van der Waals surface area contributed by atoms with E-state index >= 15 is 0 Å². The van der Waals surface area contributed by atoms with E-state index in [-0.39, 0.29) is 0 Å². The number of fused-ring (bicyclic) bond motifs is 2. The van der Waals surface area contributed by atoms with Crippen LogP contribution in [0.5, 0.6) is 28.7 Å². The Kier molecular flexibility index (Phi) is 11.8. The van der Waals surface area contributed by atoms with Crippen molar-refractivity contribution in [3.05, 3.63) is 209 Å². The average molecular weight is 816 g/mol. The molecule has 0 saturated heterocycles. The Morgan fingerprint density at radius 3 is 1.66 bits per heavy atom. The second kappa shape index (κ2) is 18.1. The van der Waals surface area contributed by atoms with Crippen molar-refractivity contribution in [1.29, 1.82) is 0 Å². The summed E-state index contributed by atoms with van der Waals surface area (Å²) in [6.07, 6.45) is -1.81. The van der Waals surface area contributed by atoms with Crippen LogP contribution in [0.25, 0.3) is 10.2 Å². The second-order valence-corrected chi connectivity index (χ2v) is 16.6. The highest BCUT2D eigenvalue weighted by molar-refractivity contribution is 8.01. The third-order valence-corrected chi connectivity index (χ3v) is 12.4. The minimum Gasteiger partial charge on any atom is -0.489 e. The van der Waals surface area contributed by atoms with Crippen LogP contribution in [-0.2, 0) is 26.4 Å². The normalized spacial score (nSPS) is 15.8. The molecule has 7 aromatic carbocycles. The van der Waals surface area contributed by atoms with E-state index in [1.807, 2.05) is 170 Å².